The van der Waals surface area contributed by atoms with Crippen molar-refractivity contribution in [1.82, 2.24) is 20.2 Å². The summed E-state index contributed by atoms with van der Waals surface area (Å²) in [6.07, 6.45) is 4.85. The molecule has 0 aliphatic heterocycles. The number of carbonyl (C=O) groups excluding carboxylic acids is 1. The third kappa shape index (κ3) is 5.90. The van der Waals surface area contributed by atoms with Gasteiger partial charge < -0.3 is 10.3 Å². The molecule has 34 heavy (non-hydrogen) atoms. The lowest BCUT2D eigenvalue weighted by atomic mass is 9.97. The van der Waals surface area contributed by atoms with Gasteiger partial charge in [0.2, 0.25) is 5.91 Å². The molecule has 1 atom stereocenters. The molecule has 0 radical (unpaired) electrons. The first-order valence-electron chi connectivity index (χ1n) is 12.3. The first-order valence-corrected chi connectivity index (χ1v) is 14.2. The van der Waals surface area contributed by atoms with Gasteiger partial charge in [0.05, 0.1) is 17.2 Å². The molecule has 1 unspecified atom stereocenters. The van der Waals surface area contributed by atoms with E-state index in [1.807, 2.05) is 18.2 Å². The topological polar surface area (TPSA) is 78.1 Å². The number of H-pyrrole nitrogens is 1. The summed E-state index contributed by atoms with van der Waals surface area (Å²) in [4.78, 5) is 37.5. The zero-order valence-electron chi connectivity index (χ0n) is 20.1. The van der Waals surface area contributed by atoms with Crippen molar-refractivity contribution in [3.8, 4) is 0 Å². The molecule has 0 spiro atoms. The molecule has 6 nitrogen and oxygen atoms in total. The summed E-state index contributed by atoms with van der Waals surface area (Å²) in [5.41, 5.74) is 2.43. The van der Waals surface area contributed by atoms with Gasteiger partial charge in [0.1, 0.15) is 10.7 Å². The Morgan fingerprint density at radius 1 is 1.21 bits per heavy atom. The Bertz CT molecular complexity index is 1150. The number of likely N-dealkylation sites (N-methyl/N-ethyl adjacent to an activating group) is 1. The summed E-state index contributed by atoms with van der Waals surface area (Å²) < 4.78 is 0. The second kappa shape index (κ2) is 12.0. The van der Waals surface area contributed by atoms with E-state index in [1.165, 1.54) is 22.4 Å². The Morgan fingerprint density at radius 2 is 1.97 bits per heavy atom. The molecule has 0 saturated heterocycles. The predicted octanol–water partition coefficient (Wildman–Crippen LogP) is 4.69. The number of hydrogen-bond acceptors (Lipinski definition) is 6. The molecule has 2 aromatic heterocycles. The fourth-order valence-electron chi connectivity index (χ4n) is 4.71. The first-order chi connectivity index (χ1) is 16.6. The van der Waals surface area contributed by atoms with Gasteiger partial charge in [-0.3, -0.25) is 14.5 Å². The monoisotopic (exact) mass is 498 g/mol. The van der Waals surface area contributed by atoms with Gasteiger partial charge in [0, 0.05) is 23.6 Å². The van der Waals surface area contributed by atoms with Crippen LogP contribution in [0.4, 0.5) is 0 Å². The average Bonchev–Trinajstić information content (AvgIpc) is 3.24. The number of thioether (sulfide) groups is 1. The lowest BCUT2D eigenvalue weighted by Gasteiger charge is -2.30. The Labute approximate surface area is 209 Å². The molecule has 1 aromatic carbocycles. The largest absolute Gasteiger partial charge is 0.354 e. The third-order valence-electron chi connectivity index (χ3n) is 6.52. The Hall–Kier alpha value is -2.16. The standard InChI is InChI=1S/C26H34N4O2S2/c1-3-30(4-2)20(18-10-6-5-7-11-18)16-27-23(31)14-15-33-17-22-28-25(32)24-19-12-8-9-13-21(19)34-26(24)29-22/h5-7,10-11,20H,3-4,8-9,12-17H2,1-2H3,(H,27,31)(H,28,29,32). The van der Waals surface area contributed by atoms with Crippen LogP contribution in [0.2, 0.25) is 0 Å². The average molecular weight is 499 g/mol. The third-order valence-corrected chi connectivity index (χ3v) is 8.67. The molecular formula is C26H34N4O2S2. The van der Waals surface area contributed by atoms with Crippen molar-refractivity contribution >= 4 is 39.2 Å². The number of aromatic amines is 1. The molecule has 0 bridgehead atoms. The van der Waals surface area contributed by atoms with Gasteiger partial charge in [-0.2, -0.15) is 11.8 Å². The molecule has 182 valence electrons. The summed E-state index contributed by atoms with van der Waals surface area (Å²) in [7, 11) is 0. The van der Waals surface area contributed by atoms with E-state index in [0.29, 0.717) is 30.3 Å². The lowest BCUT2D eigenvalue weighted by Crippen LogP contribution is -2.38. The second-order valence-corrected chi connectivity index (χ2v) is 10.8. The van der Waals surface area contributed by atoms with Crippen molar-refractivity contribution in [3.63, 3.8) is 0 Å². The lowest BCUT2D eigenvalue weighted by molar-refractivity contribution is -0.120. The van der Waals surface area contributed by atoms with E-state index in [2.05, 4.69) is 41.2 Å². The van der Waals surface area contributed by atoms with Gasteiger partial charge in [-0.05, 0) is 49.9 Å². The smallest absolute Gasteiger partial charge is 0.259 e. The van der Waals surface area contributed by atoms with Crippen molar-refractivity contribution in [2.45, 2.75) is 57.7 Å². The molecule has 3 aromatic rings. The minimum Gasteiger partial charge on any atom is -0.354 e. The zero-order chi connectivity index (χ0) is 23.9. The van der Waals surface area contributed by atoms with Crippen molar-refractivity contribution in [1.29, 1.82) is 0 Å². The minimum absolute atomic E-state index is 0.0129. The highest BCUT2D eigenvalue weighted by Gasteiger charge is 2.20. The highest BCUT2D eigenvalue weighted by molar-refractivity contribution is 7.98. The second-order valence-electron chi connectivity index (χ2n) is 8.66. The Kier molecular flexibility index (Phi) is 8.80. The first kappa shape index (κ1) is 24.9. The molecule has 1 aliphatic rings. The van der Waals surface area contributed by atoms with Crippen molar-refractivity contribution in [2.75, 3.05) is 25.4 Å². The van der Waals surface area contributed by atoms with Crippen LogP contribution in [0.1, 0.15) is 61.0 Å². The molecule has 0 saturated carbocycles. The van der Waals surface area contributed by atoms with Crippen LogP contribution in [0.25, 0.3) is 10.2 Å². The molecule has 4 rings (SSSR count). The number of aromatic nitrogens is 2. The van der Waals surface area contributed by atoms with Crippen molar-refractivity contribution in [2.24, 2.45) is 0 Å². The van der Waals surface area contributed by atoms with Crippen molar-refractivity contribution in [3.05, 3.63) is 62.5 Å². The van der Waals surface area contributed by atoms with Gasteiger partial charge in [-0.1, -0.05) is 44.2 Å². The zero-order valence-corrected chi connectivity index (χ0v) is 21.7. The normalized spacial score (nSPS) is 14.3. The van der Waals surface area contributed by atoms with Gasteiger partial charge in [-0.25, -0.2) is 4.98 Å². The molecule has 0 fully saturated rings. The van der Waals surface area contributed by atoms with Crippen LogP contribution in [0.5, 0.6) is 0 Å². The highest BCUT2D eigenvalue weighted by Crippen LogP contribution is 2.33. The minimum atomic E-state index is -0.0129. The van der Waals surface area contributed by atoms with Gasteiger partial charge >= 0.3 is 0 Å². The predicted molar refractivity (Wildman–Crippen MR) is 143 cm³/mol. The van der Waals surface area contributed by atoms with Crippen LogP contribution >= 0.6 is 23.1 Å². The molecule has 2 N–H and O–H groups in total. The maximum absolute atomic E-state index is 12.7. The summed E-state index contributed by atoms with van der Waals surface area (Å²) in [5, 5.41) is 3.92. The summed E-state index contributed by atoms with van der Waals surface area (Å²) in [6, 6.07) is 10.5. The quantitative estimate of drug-likeness (QED) is 0.375. The number of thiophene rings is 1. The van der Waals surface area contributed by atoms with Crippen LogP contribution in [0, 0.1) is 0 Å². The summed E-state index contributed by atoms with van der Waals surface area (Å²) in [6.45, 7) is 6.77. The fraction of sp³-hybridized carbons (Fsp3) is 0.500. The Balaban J connectivity index is 1.28. The molecule has 1 amide bonds. The SMILES string of the molecule is CCN(CC)C(CNC(=O)CCSCc1nc2sc3c(c2c(=O)[nH]1)CCCC3)c1ccccc1. The van der Waals surface area contributed by atoms with E-state index in [9.17, 15) is 9.59 Å². The number of carbonyl (C=O) groups is 1. The van der Waals surface area contributed by atoms with Crippen LogP contribution in [-0.4, -0.2) is 46.2 Å². The molecule has 8 heteroatoms. The molecular weight excluding hydrogens is 464 g/mol. The summed E-state index contributed by atoms with van der Waals surface area (Å²) >= 11 is 3.31. The molecule has 1 aliphatic carbocycles. The van der Waals surface area contributed by atoms with Crippen LogP contribution in [-0.2, 0) is 23.4 Å². The van der Waals surface area contributed by atoms with Gasteiger partial charge in [0.15, 0.2) is 0 Å². The van der Waals surface area contributed by atoms with E-state index in [1.54, 1.807) is 23.1 Å². The van der Waals surface area contributed by atoms with Crippen LogP contribution in [0.15, 0.2) is 35.1 Å². The number of nitrogens with zero attached hydrogens (tertiary/aromatic N) is 2. The Morgan fingerprint density at radius 3 is 2.74 bits per heavy atom. The fourth-order valence-corrected chi connectivity index (χ4v) is 6.79. The number of aryl methyl sites for hydroxylation is 2. The van der Waals surface area contributed by atoms with E-state index in [-0.39, 0.29) is 17.5 Å². The van der Waals surface area contributed by atoms with Gasteiger partial charge in [0.25, 0.3) is 5.56 Å². The van der Waals surface area contributed by atoms with E-state index in [4.69, 9.17) is 4.98 Å². The maximum Gasteiger partial charge on any atom is 0.259 e. The van der Waals surface area contributed by atoms with Gasteiger partial charge in [-0.15, -0.1) is 11.3 Å². The van der Waals surface area contributed by atoms with E-state index < -0.39 is 0 Å². The maximum atomic E-state index is 12.7. The number of amides is 1. The number of rotatable bonds is 11. The van der Waals surface area contributed by atoms with Crippen molar-refractivity contribution < 1.29 is 4.79 Å². The number of fused-ring (bicyclic) bond motifs is 3. The summed E-state index contributed by atoms with van der Waals surface area (Å²) in [5.74, 6) is 2.05. The highest BCUT2D eigenvalue weighted by atomic mass is 32.2. The number of hydrogen-bond donors (Lipinski definition) is 2. The van der Waals surface area contributed by atoms with E-state index in [0.717, 1.165) is 42.6 Å². The van der Waals surface area contributed by atoms with E-state index >= 15 is 0 Å². The number of nitrogens with one attached hydrogen (secondary N) is 2. The van der Waals surface area contributed by atoms with Crippen LogP contribution in [0.3, 0.4) is 0 Å². The number of benzene rings is 1. The van der Waals surface area contributed by atoms with Crippen LogP contribution < -0.4 is 10.9 Å². The molecule has 2 heterocycles.